The summed E-state index contributed by atoms with van der Waals surface area (Å²) in [6, 6.07) is 27.6. The number of carbonyl (C=O) groups excluding carboxylic acids is 1. The van der Waals surface area contributed by atoms with E-state index >= 15 is 0 Å². The van der Waals surface area contributed by atoms with Crippen molar-refractivity contribution in [3.63, 3.8) is 0 Å². The van der Waals surface area contributed by atoms with E-state index in [0.29, 0.717) is 11.3 Å². The molecule has 0 heterocycles. The van der Waals surface area contributed by atoms with Crippen LogP contribution in [0.5, 0.6) is 5.75 Å². The zero-order chi connectivity index (χ0) is 23.5. The third-order valence-electron chi connectivity index (χ3n) is 7.23. The summed E-state index contributed by atoms with van der Waals surface area (Å²) >= 11 is 0. The Morgan fingerprint density at radius 2 is 1.50 bits per heavy atom. The minimum absolute atomic E-state index is 0.0319. The lowest BCUT2D eigenvalue weighted by Crippen LogP contribution is -2.25. The van der Waals surface area contributed by atoms with Gasteiger partial charge in [-0.3, -0.25) is 0 Å². The normalized spacial score (nSPS) is 15.2. The van der Waals surface area contributed by atoms with Gasteiger partial charge in [0, 0.05) is 5.56 Å². The Morgan fingerprint density at radius 1 is 0.824 bits per heavy atom. The number of phenols is 1. The Hall–Kier alpha value is -3.59. The number of benzene rings is 4. The predicted molar refractivity (Wildman–Crippen MR) is 137 cm³/mol. The zero-order valence-corrected chi connectivity index (χ0v) is 19.6. The summed E-state index contributed by atoms with van der Waals surface area (Å²) in [5.74, 6) is 0.0753. The van der Waals surface area contributed by atoms with E-state index in [0.717, 1.165) is 45.9 Å². The van der Waals surface area contributed by atoms with Gasteiger partial charge < -0.3 is 9.84 Å². The van der Waals surface area contributed by atoms with Crippen LogP contribution in [0.3, 0.4) is 0 Å². The lowest BCUT2D eigenvalue weighted by atomic mass is 9.70. The molecule has 4 aromatic rings. The first kappa shape index (κ1) is 22.2. The maximum atomic E-state index is 12.6. The van der Waals surface area contributed by atoms with Gasteiger partial charge in [-0.1, -0.05) is 80.8 Å². The molecule has 5 rings (SSSR count). The van der Waals surface area contributed by atoms with Crippen molar-refractivity contribution in [3.05, 3.63) is 102 Å². The van der Waals surface area contributed by atoms with Gasteiger partial charge in [-0.05, 0) is 76.1 Å². The number of carbonyl (C=O) groups is 1. The van der Waals surface area contributed by atoms with Crippen LogP contribution in [-0.4, -0.2) is 11.1 Å². The molecule has 3 nitrogen and oxygen atoms in total. The van der Waals surface area contributed by atoms with Gasteiger partial charge in [-0.25, -0.2) is 4.79 Å². The third kappa shape index (κ3) is 4.56. The summed E-state index contributed by atoms with van der Waals surface area (Å²) in [5.41, 5.74) is 4.82. The van der Waals surface area contributed by atoms with Crippen molar-refractivity contribution in [2.45, 2.75) is 51.0 Å². The molecule has 1 fully saturated rings. The van der Waals surface area contributed by atoms with E-state index in [4.69, 9.17) is 4.74 Å². The molecule has 1 aliphatic rings. The van der Waals surface area contributed by atoms with Gasteiger partial charge in [0.15, 0.2) is 0 Å². The lowest BCUT2D eigenvalue weighted by Gasteiger charge is -2.34. The minimum Gasteiger partial charge on any atom is -0.508 e. The van der Waals surface area contributed by atoms with Crippen LogP contribution in [0.25, 0.3) is 21.9 Å². The first-order valence-electron chi connectivity index (χ1n) is 12.1. The van der Waals surface area contributed by atoms with Gasteiger partial charge in [0.25, 0.3) is 0 Å². The van der Waals surface area contributed by atoms with Gasteiger partial charge in [-0.2, -0.15) is 0 Å². The summed E-state index contributed by atoms with van der Waals surface area (Å²) < 4.78 is 5.48. The molecule has 1 N–H and O–H groups in total. The molecular weight excluding hydrogens is 420 g/mol. The van der Waals surface area contributed by atoms with E-state index in [2.05, 4.69) is 25.1 Å². The summed E-state index contributed by atoms with van der Waals surface area (Å²) in [4.78, 5) is 12.6. The number of ether oxygens (including phenoxy) is 1. The predicted octanol–water partition coefficient (Wildman–Crippen LogP) is 7.79. The van der Waals surface area contributed by atoms with Gasteiger partial charge in [0.1, 0.15) is 12.4 Å². The maximum absolute atomic E-state index is 12.6. The van der Waals surface area contributed by atoms with Crippen molar-refractivity contribution in [1.82, 2.24) is 0 Å². The Balaban J connectivity index is 1.38. The second-order valence-electron chi connectivity index (χ2n) is 9.69. The van der Waals surface area contributed by atoms with E-state index in [1.165, 1.54) is 19.3 Å². The lowest BCUT2D eigenvalue weighted by molar-refractivity contribution is 0.0473. The highest BCUT2D eigenvalue weighted by molar-refractivity contribution is 5.96. The summed E-state index contributed by atoms with van der Waals surface area (Å²) in [5, 5.41) is 12.7. The van der Waals surface area contributed by atoms with Crippen molar-refractivity contribution in [1.29, 1.82) is 0 Å². The Morgan fingerprint density at radius 3 is 2.29 bits per heavy atom. The van der Waals surface area contributed by atoms with Crippen LogP contribution in [-0.2, 0) is 16.8 Å². The largest absolute Gasteiger partial charge is 0.508 e. The molecule has 0 radical (unpaired) electrons. The topological polar surface area (TPSA) is 46.5 Å². The second kappa shape index (κ2) is 9.34. The van der Waals surface area contributed by atoms with Crippen LogP contribution < -0.4 is 0 Å². The van der Waals surface area contributed by atoms with E-state index < -0.39 is 0 Å². The molecule has 0 atom stereocenters. The molecule has 0 bridgehead atoms. The van der Waals surface area contributed by atoms with Crippen LogP contribution in [0, 0.1) is 0 Å². The molecule has 1 saturated carbocycles. The van der Waals surface area contributed by atoms with Crippen molar-refractivity contribution >= 4 is 16.7 Å². The second-order valence-corrected chi connectivity index (χ2v) is 9.69. The number of esters is 1. The Labute approximate surface area is 201 Å². The van der Waals surface area contributed by atoms with Crippen LogP contribution >= 0.6 is 0 Å². The van der Waals surface area contributed by atoms with E-state index in [1.807, 2.05) is 66.7 Å². The van der Waals surface area contributed by atoms with Crippen LogP contribution in [0.2, 0.25) is 0 Å². The number of aromatic hydroxyl groups is 1. The molecule has 172 valence electrons. The fourth-order valence-corrected chi connectivity index (χ4v) is 5.16. The number of hydrogen-bond acceptors (Lipinski definition) is 3. The van der Waals surface area contributed by atoms with Crippen molar-refractivity contribution in [3.8, 4) is 16.9 Å². The minimum atomic E-state index is -0.321. The quantitative estimate of drug-likeness (QED) is 0.316. The summed E-state index contributed by atoms with van der Waals surface area (Å²) in [7, 11) is 0. The van der Waals surface area contributed by atoms with Gasteiger partial charge >= 0.3 is 5.97 Å². The zero-order valence-electron chi connectivity index (χ0n) is 19.6. The average Bonchev–Trinajstić information content (AvgIpc) is 2.88. The molecule has 1 aliphatic carbocycles. The van der Waals surface area contributed by atoms with E-state index in [9.17, 15) is 9.90 Å². The van der Waals surface area contributed by atoms with Crippen LogP contribution in [0.4, 0.5) is 0 Å². The third-order valence-corrected chi connectivity index (χ3v) is 7.23. The van der Waals surface area contributed by atoms with E-state index in [1.54, 1.807) is 0 Å². The molecule has 34 heavy (non-hydrogen) atoms. The Kier molecular flexibility index (Phi) is 6.10. The monoisotopic (exact) mass is 450 g/mol. The molecule has 0 amide bonds. The summed E-state index contributed by atoms with van der Waals surface area (Å²) in [6.45, 7) is 2.54. The SMILES string of the molecule is CC1(c2cc(-c3ccc4cc(C(=O)OCc5ccccc5)ccc4c3)ccc2O)CCCCC1. The molecular formula is C31H30O3. The number of fused-ring (bicyclic) bond motifs is 1. The molecule has 0 aliphatic heterocycles. The smallest absolute Gasteiger partial charge is 0.338 e. The van der Waals surface area contributed by atoms with Crippen molar-refractivity contribution in [2.24, 2.45) is 0 Å². The van der Waals surface area contributed by atoms with Crippen LogP contribution in [0.15, 0.2) is 84.9 Å². The average molecular weight is 451 g/mol. The first-order chi connectivity index (χ1) is 16.5. The highest BCUT2D eigenvalue weighted by Gasteiger charge is 2.31. The highest BCUT2D eigenvalue weighted by Crippen LogP contribution is 2.44. The fourth-order valence-electron chi connectivity index (χ4n) is 5.16. The molecule has 0 saturated heterocycles. The molecule has 0 spiro atoms. The maximum Gasteiger partial charge on any atom is 0.338 e. The van der Waals surface area contributed by atoms with Crippen molar-refractivity contribution in [2.75, 3.05) is 0 Å². The van der Waals surface area contributed by atoms with Gasteiger partial charge in [-0.15, -0.1) is 0 Å². The molecule has 4 aromatic carbocycles. The molecule has 0 aromatic heterocycles. The first-order valence-corrected chi connectivity index (χ1v) is 12.1. The van der Waals surface area contributed by atoms with Crippen LogP contribution in [0.1, 0.15) is 60.5 Å². The van der Waals surface area contributed by atoms with E-state index in [-0.39, 0.29) is 18.0 Å². The van der Waals surface area contributed by atoms with Crippen molar-refractivity contribution < 1.29 is 14.6 Å². The molecule has 0 unspecified atom stereocenters. The standard InChI is InChI=1S/C31H30O3/c1-31(16-6-3-7-17-31)28-20-26(14-15-29(28)32)24-10-11-25-19-27(13-12-23(25)18-24)30(33)34-21-22-8-4-2-5-9-22/h2,4-5,8-15,18-20,32H,3,6-7,16-17,21H2,1H3. The highest BCUT2D eigenvalue weighted by atomic mass is 16.5. The summed E-state index contributed by atoms with van der Waals surface area (Å²) in [6.07, 6.45) is 5.94. The number of hydrogen-bond donors (Lipinski definition) is 1. The Bertz CT molecular complexity index is 1320. The fraction of sp³-hybridized carbons (Fsp3) is 0.258. The van der Waals surface area contributed by atoms with Gasteiger partial charge in [0.05, 0.1) is 5.56 Å². The number of rotatable bonds is 5. The van der Waals surface area contributed by atoms with Gasteiger partial charge in [0.2, 0.25) is 0 Å². The molecule has 3 heteroatoms. The number of phenolic OH excluding ortho intramolecular Hbond substituents is 1.